The Labute approximate surface area is 93.3 Å². The van der Waals surface area contributed by atoms with Crippen LogP contribution in [0.3, 0.4) is 0 Å². The first-order valence-electron chi connectivity index (χ1n) is 3.27. The fourth-order valence-corrected chi connectivity index (χ4v) is 1.57. The van der Waals surface area contributed by atoms with E-state index >= 15 is 0 Å². The van der Waals surface area contributed by atoms with Crippen LogP contribution in [-0.4, -0.2) is 7.11 Å². The van der Waals surface area contributed by atoms with Crippen LogP contribution in [0.4, 0.5) is 0 Å². The zero-order valence-corrected chi connectivity index (χ0v) is 10.3. The molecule has 0 aliphatic rings. The molecule has 0 saturated heterocycles. The van der Waals surface area contributed by atoms with Gasteiger partial charge in [-0.15, -0.1) is 0 Å². The minimum Gasteiger partial charge on any atom is -0.361 e. The van der Waals surface area contributed by atoms with Crippen molar-refractivity contribution in [2.45, 2.75) is 5.56 Å². The zero-order valence-electron chi connectivity index (χ0n) is 6.35. The highest BCUT2D eigenvalue weighted by Gasteiger charge is 2.06. The lowest BCUT2D eigenvalue weighted by Gasteiger charge is -2.08. The average Bonchev–Trinajstić information content (AvgIpc) is 2.08. The smallest absolute Gasteiger partial charge is 0.156 e. The van der Waals surface area contributed by atoms with Crippen LogP contribution in [0.15, 0.2) is 27.1 Å². The van der Waals surface area contributed by atoms with Gasteiger partial charge in [-0.25, -0.2) is 0 Å². The monoisotopic (exact) mass is 312 g/mol. The average molecular weight is 314 g/mol. The molecule has 0 saturated carbocycles. The second-order valence-corrected chi connectivity index (χ2v) is 4.33. The molecule has 1 unspecified atom stereocenters. The molecule has 12 heavy (non-hydrogen) atoms. The molecule has 0 aromatic heterocycles. The molecule has 0 bridgehead atoms. The Morgan fingerprint density at radius 3 is 2.50 bits per heavy atom. The number of hydrogen-bond acceptors (Lipinski definition) is 1. The molecule has 1 rings (SSSR count). The highest BCUT2D eigenvalue weighted by molar-refractivity contribution is 9.13. The largest absolute Gasteiger partial charge is 0.361 e. The molecule has 1 aromatic carbocycles. The molecule has 1 nitrogen and oxygen atoms in total. The van der Waals surface area contributed by atoms with Crippen LogP contribution in [-0.2, 0) is 4.74 Å². The highest BCUT2D eigenvalue weighted by atomic mass is 79.9. The lowest BCUT2D eigenvalue weighted by Crippen LogP contribution is -1.92. The van der Waals surface area contributed by atoms with Crippen LogP contribution in [0.5, 0.6) is 0 Å². The van der Waals surface area contributed by atoms with Crippen molar-refractivity contribution in [3.8, 4) is 0 Å². The van der Waals surface area contributed by atoms with E-state index in [1.165, 1.54) is 0 Å². The SMILES string of the molecule is COC(Cl)c1ccc(Br)c(Br)c1. The normalized spacial score (nSPS) is 13.0. The molecule has 1 aromatic rings. The maximum absolute atomic E-state index is 5.86. The number of ether oxygens (including phenoxy) is 1. The van der Waals surface area contributed by atoms with Crippen molar-refractivity contribution >= 4 is 43.5 Å². The maximum atomic E-state index is 5.86. The van der Waals surface area contributed by atoms with Crippen LogP contribution in [0, 0.1) is 0 Å². The van der Waals surface area contributed by atoms with E-state index < -0.39 is 0 Å². The number of alkyl halides is 1. The second kappa shape index (κ2) is 4.61. The molecule has 0 aliphatic heterocycles. The summed E-state index contributed by atoms with van der Waals surface area (Å²) in [6.45, 7) is 0. The van der Waals surface area contributed by atoms with E-state index in [2.05, 4.69) is 31.9 Å². The standard InChI is InChI=1S/C8H7Br2ClO/c1-12-8(11)5-2-3-6(9)7(10)4-5/h2-4,8H,1H3. The van der Waals surface area contributed by atoms with Crippen LogP contribution in [0.1, 0.15) is 11.1 Å². The number of halogens is 3. The Morgan fingerprint density at radius 1 is 1.33 bits per heavy atom. The van der Waals surface area contributed by atoms with Crippen molar-refractivity contribution in [1.82, 2.24) is 0 Å². The lowest BCUT2D eigenvalue weighted by molar-refractivity contribution is 0.170. The van der Waals surface area contributed by atoms with E-state index in [1.54, 1.807) is 7.11 Å². The Hall–Kier alpha value is 0.430. The molecular weight excluding hydrogens is 307 g/mol. The summed E-state index contributed by atoms with van der Waals surface area (Å²) >= 11 is 12.6. The molecule has 0 amide bonds. The second-order valence-electron chi connectivity index (χ2n) is 2.23. The Balaban J connectivity index is 2.96. The molecular formula is C8H7Br2ClO. The third kappa shape index (κ3) is 2.46. The van der Waals surface area contributed by atoms with Gasteiger partial charge in [0, 0.05) is 16.1 Å². The summed E-state index contributed by atoms with van der Waals surface area (Å²) in [6.07, 6.45) is 0. The summed E-state index contributed by atoms with van der Waals surface area (Å²) in [5.74, 6) is 0. The zero-order chi connectivity index (χ0) is 9.14. The van der Waals surface area contributed by atoms with E-state index in [0.717, 1.165) is 14.5 Å². The van der Waals surface area contributed by atoms with Gasteiger partial charge in [0.05, 0.1) is 0 Å². The first-order chi connectivity index (χ1) is 5.65. The maximum Gasteiger partial charge on any atom is 0.156 e. The predicted octanol–water partition coefficient (Wildman–Crippen LogP) is 4.10. The Kier molecular flexibility index (Phi) is 4.03. The fourth-order valence-electron chi connectivity index (χ4n) is 0.790. The molecule has 0 aliphatic carbocycles. The number of benzene rings is 1. The third-order valence-electron chi connectivity index (χ3n) is 1.41. The lowest BCUT2D eigenvalue weighted by atomic mass is 10.2. The van der Waals surface area contributed by atoms with E-state index in [4.69, 9.17) is 16.3 Å². The van der Waals surface area contributed by atoms with Crippen molar-refractivity contribution in [3.63, 3.8) is 0 Å². The fraction of sp³-hybridized carbons (Fsp3) is 0.250. The van der Waals surface area contributed by atoms with E-state index in [0.29, 0.717) is 0 Å². The van der Waals surface area contributed by atoms with Gasteiger partial charge in [-0.1, -0.05) is 17.7 Å². The summed E-state index contributed by atoms with van der Waals surface area (Å²) in [5.41, 5.74) is 0.559. The summed E-state index contributed by atoms with van der Waals surface area (Å²) in [7, 11) is 1.58. The number of methoxy groups -OCH3 is 1. The number of hydrogen-bond donors (Lipinski definition) is 0. The van der Waals surface area contributed by atoms with Gasteiger partial charge in [0.15, 0.2) is 5.56 Å². The van der Waals surface area contributed by atoms with Crippen LogP contribution in [0.2, 0.25) is 0 Å². The van der Waals surface area contributed by atoms with Gasteiger partial charge >= 0.3 is 0 Å². The van der Waals surface area contributed by atoms with Crippen molar-refractivity contribution in [2.24, 2.45) is 0 Å². The van der Waals surface area contributed by atoms with Gasteiger partial charge in [0.2, 0.25) is 0 Å². The number of rotatable bonds is 2. The van der Waals surface area contributed by atoms with E-state index in [9.17, 15) is 0 Å². The topological polar surface area (TPSA) is 9.23 Å². The van der Waals surface area contributed by atoms with Crippen molar-refractivity contribution < 1.29 is 4.74 Å². The summed E-state index contributed by atoms with van der Waals surface area (Å²) in [6, 6.07) is 5.76. The Bertz CT molecular complexity index is 278. The summed E-state index contributed by atoms with van der Waals surface area (Å²) < 4.78 is 6.94. The van der Waals surface area contributed by atoms with Gasteiger partial charge in [-0.3, -0.25) is 0 Å². The molecule has 0 radical (unpaired) electrons. The van der Waals surface area contributed by atoms with Crippen molar-refractivity contribution in [1.29, 1.82) is 0 Å². The van der Waals surface area contributed by atoms with Crippen LogP contribution >= 0.6 is 43.5 Å². The first kappa shape index (κ1) is 10.5. The molecule has 4 heteroatoms. The van der Waals surface area contributed by atoms with Crippen molar-refractivity contribution in [2.75, 3.05) is 7.11 Å². The van der Waals surface area contributed by atoms with Gasteiger partial charge in [0.25, 0.3) is 0 Å². The van der Waals surface area contributed by atoms with E-state index in [-0.39, 0.29) is 5.56 Å². The molecule has 1 atom stereocenters. The molecule has 0 N–H and O–H groups in total. The van der Waals surface area contributed by atoms with Gasteiger partial charge in [0.1, 0.15) is 0 Å². The molecule has 0 spiro atoms. The van der Waals surface area contributed by atoms with Gasteiger partial charge in [-0.2, -0.15) is 0 Å². The highest BCUT2D eigenvalue weighted by Crippen LogP contribution is 2.29. The predicted molar refractivity (Wildman–Crippen MR) is 57.4 cm³/mol. The quantitative estimate of drug-likeness (QED) is 0.747. The van der Waals surface area contributed by atoms with Crippen LogP contribution < -0.4 is 0 Å². The van der Waals surface area contributed by atoms with Crippen molar-refractivity contribution in [3.05, 3.63) is 32.7 Å². The minimum atomic E-state index is -0.380. The van der Waals surface area contributed by atoms with Gasteiger partial charge < -0.3 is 4.74 Å². The minimum absolute atomic E-state index is 0.380. The van der Waals surface area contributed by atoms with Crippen LogP contribution in [0.25, 0.3) is 0 Å². The molecule has 66 valence electrons. The molecule has 0 fully saturated rings. The Morgan fingerprint density at radius 2 is 2.00 bits per heavy atom. The first-order valence-corrected chi connectivity index (χ1v) is 5.29. The van der Waals surface area contributed by atoms with Gasteiger partial charge in [-0.05, 0) is 49.6 Å². The summed E-state index contributed by atoms with van der Waals surface area (Å²) in [5, 5.41) is 0. The summed E-state index contributed by atoms with van der Waals surface area (Å²) in [4.78, 5) is 0. The third-order valence-corrected chi connectivity index (χ3v) is 3.72. The van der Waals surface area contributed by atoms with E-state index in [1.807, 2.05) is 18.2 Å². The molecule has 0 heterocycles.